The average Bonchev–Trinajstić information content (AvgIpc) is 3.17. The number of aliphatic hydroxyl groups is 2. The molecular weight excluding hydrogens is 398 g/mol. The average molecular weight is 424 g/mol. The van der Waals surface area contributed by atoms with E-state index < -0.39 is 5.60 Å². The normalized spacial score (nSPS) is 31.9. The van der Waals surface area contributed by atoms with Crippen LogP contribution in [0, 0.1) is 17.8 Å². The first kappa shape index (κ1) is 18.5. The second-order valence-corrected chi connectivity index (χ2v) is 10.3. The Morgan fingerprint density at radius 1 is 1.17 bits per heavy atom. The van der Waals surface area contributed by atoms with Gasteiger partial charge in [-0.1, -0.05) is 11.3 Å². The number of fused-ring (bicyclic) bond motifs is 1. The highest BCUT2D eigenvalue weighted by Gasteiger charge is 2.54. The van der Waals surface area contributed by atoms with E-state index in [-0.39, 0.29) is 6.61 Å². The molecule has 0 saturated heterocycles. The van der Waals surface area contributed by atoms with Gasteiger partial charge in [0.1, 0.15) is 11.6 Å². The van der Waals surface area contributed by atoms with Gasteiger partial charge >= 0.3 is 0 Å². The maximum Gasteiger partial charge on any atom is 0.188 e. The number of aliphatic hydroxyl groups excluding tert-OH is 1. The van der Waals surface area contributed by atoms with Crippen molar-refractivity contribution < 1.29 is 10.2 Å². The van der Waals surface area contributed by atoms with Gasteiger partial charge < -0.3 is 20.8 Å². The van der Waals surface area contributed by atoms with Crippen LogP contribution in [-0.2, 0) is 6.61 Å². The van der Waals surface area contributed by atoms with Crippen molar-refractivity contribution in [3.05, 3.63) is 35.5 Å². The molecule has 3 aromatic rings. The van der Waals surface area contributed by atoms with Crippen molar-refractivity contribution in [2.75, 3.05) is 10.6 Å². The summed E-state index contributed by atoms with van der Waals surface area (Å²) in [5.74, 6) is 3.20. The van der Waals surface area contributed by atoms with Crippen LogP contribution in [-0.4, -0.2) is 36.8 Å². The van der Waals surface area contributed by atoms with Crippen molar-refractivity contribution in [1.29, 1.82) is 0 Å². The number of nitrogens with zero attached hydrogens (tertiary/aromatic N) is 3. The van der Waals surface area contributed by atoms with Crippen LogP contribution in [0.25, 0.3) is 10.9 Å². The maximum absolute atomic E-state index is 10.9. The lowest BCUT2D eigenvalue weighted by Gasteiger charge is -2.58. The van der Waals surface area contributed by atoms with Crippen molar-refractivity contribution >= 4 is 39.0 Å². The van der Waals surface area contributed by atoms with Crippen LogP contribution in [0.1, 0.15) is 37.0 Å². The molecule has 4 fully saturated rings. The summed E-state index contributed by atoms with van der Waals surface area (Å²) in [6, 6.07) is 6.27. The van der Waals surface area contributed by atoms with Crippen LogP contribution >= 0.6 is 11.3 Å². The third kappa shape index (κ3) is 3.14. The van der Waals surface area contributed by atoms with E-state index in [1.807, 2.05) is 12.1 Å². The molecule has 8 heteroatoms. The fraction of sp³-hybridized carbons (Fsp3) is 0.500. The zero-order valence-corrected chi connectivity index (χ0v) is 17.4. The van der Waals surface area contributed by atoms with E-state index in [4.69, 9.17) is 4.98 Å². The standard InChI is InChI=1S/C22H25N5O2S/c28-11-15-10-24-21(30-15)26-18-6-17-16(2-1-3-23-17)20(25-18)27-19-13-4-12-5-14(19)9-22(29,7-12)8-13/h1-3,6,10,12-14,19,28-29H,4-5,7-9,11H2,(H2,24,25,26,27). The molecule has 0 aliphatic heterocycles. The largest absolute Gasteiger partial charge is 0.391 e. The molecule has 2 unspecified atom stereocenters. The number of anilines is 3. The van der Waals surface area contributed by atoms with Crippen LogP contribution < -0.4 is 10.6 Å². The molecule has 3 aromatic heterocycles. The summed E-state index contributed by atoms with van der Waals surface area (Å²) in [6.07, 6.45) is 8.65. The SMILES string of the molecule is OCc1cnc(Nc2cc3ncccc3c(NC3C4CC5CC3CC(O)(C5)C4)n2)s1. The Morgan fingerprint density at radius 2 is 2.00 bits per heavy atom. The van der Waals surface area contributed by atoms with E-state index in [2.05, 4.69) is 26.7 Å². The van der Waals surface area contributed by atoms with Crippen LogP contribution in [0.5, 0.6) is 0 Å². The van der Waals surface area contributed by atoms with Gasteiger partial charge in [0.2, 0.25) is 0 Å². The van der Waals surface area contributed by atoms with Crippen LogP contribution in [0.2, 0.25) is 0 Å². The predicted molar refractivity (Wildman–Crippen MR) is 117 cm³/mol. The van der Waals surface area contributed by atoms with Gasteiger partial charge in [-0.2, -0.15) is 0 Å². The van der Waals surface area contributed by atoms with Crippen molar-refractivity contribution in [3.63, 3.8) is 0 Å². The molecule has 0 spiro atoms. The Bertz CT molecular complexity index is 1090. The van der Waals surface area contributed by atoms with Gasteiger partial charge in [0.25, 0.3) is 0 Å². The number of aromatic nitrogens is 3. The van der Waals surface area contributed by atoms with E-state index in [9.17, 15) is 10.2 Å². The van der Waals surface area contributed by atoms with Gasteiger partial charge in [-0.3, -0.25) is 4.98 Å². The van der Waals surface area contributed by atoms with Crippen LogP contribution in [0.15, 0.2) is 30.6 Å². The minimum absolute atomic E-state index is 0.0172. The second-order valence-electron chi connectivity index (χ2n) is 9.21. The van der Waals surface area contributed by atoms with Gasteiger partial charge in [0, 0.05) is 29.9 Å². The molecule has 4 aliphatic rings. The van der Waals surface area contributed by atoms with Crippen LogP contribution in [0.3, 0.4) is 0 Å². The summed E-state index contributed by atoms with van der Waals surface area (Å²) in [4.78, 5) is 14.5. The van der Waals surface area contributed by atoms with Gasteiger partial charge in [0.15, 0.2) is 5.13 Å². The molecule has 7 nitrogen and oxygen atoms in total. The molecule has 4 saturated carbocycles. The molecule has 3 heterocycles. The highest BCUT2D eigenvalue weighted by Crippen LogP contribution is 2.56. The Balaban J connectivity index is 1.33. The lowest BCUT2D eigenvalue weighted by atomic mass is 9.52. The minimum Gasteiger partial charge on any atom is -0.391 e. The van der Waals surface area contributed by atoms with Crippen molar-refractivity contribution in [1.82, 2.24) is 15.0 Å². The molecule has 30 heavy (non-hydrogen) atoms. The third-order valence-corrected chi connectivity index (χ3v) is 7.99. The highest BCUT2D eigenvalue weighted by molar-refractivity contribution is 7.15. The lowest BCUT2D eigenvalue weighted by molar-refractivity contribution is -0.129. The molecule has 0 amide bonds. The monoisotopic (exact) mass is 423 g/mol. The number of nitrogens with one attached hydrogen (secondary N) is 2. The molecule has 7 rings (SSSR count). The molecule has 156 valence electrons. The predicted octanol–water partition coefficient (Wildman–Crippen LogP) is 3.67. The molecule has 0 aromatic carbocycles. The number of hydrogen-bond acceptors (Lipinski definition) is 8. The summed E-state index contributed by atoms with van der Waals surface area (Å²) >= 11 is 1.41. The quantitative estimate of drug-likeness (QED) is 0.496. The first-order valence-electron chi connectivity index (χ1n) is 10.7. The number of pyridine rings is 2. The second kappa shape index (κ2) is 6.87. The Morgan fingerprint density at radius 3 is 2.73 bits per heavy atom. The Kier molecular flexibility index (Phi) is 4.23. The summed E-state index contributed by atoms with van der Waals surface area (Å²) in [5.41, 5.74) is 0.434. The summed E-state index contributed by atoms with van der Waals surface area (Å²) in [5, 5.41) is 28.9. The zero-order chi connectivity index (χ0) is 20.3. The fourth-order valence-electron chi connectivity index (χ4n) is 6.17. The van der Waals surface area contributed by atoms with Crippen molar-refractivity contribution in [2.45, 2.75) is 50.4 Å². The number of hydrogen-bond donors (Lipinski definition) is 4. The van der Waals surface area contributed by atoms with E-state index in [1.165, 1.54) is 24.2 Å². The topological polar surface area (TPSA) is 103 Å². The van der Waals surface area contributed by atoms with Gasteiger partial charge in [-0.25, -0.2) is 9.97 Å². The van der Waals surface area contributed by atoms with Gasteiger partial charge in [-0.15, -0.1) is 0 Å². The highest BCUT2D eigenvalue weighted by atomic mass is 32.1. The minimum atomic E-state index is -0.440. The molecule has 4 N–H and O–H groups in total. The fourth-order valence-corrected chi connectivity index (χ4v) is 6.85. The molecule has 4 aliphatic carbocycles. The van der Waals surface area contributed by atoms with Crippen LogP contribution in [0.4, 0.5) is 16.8 Å². The molecular formula is C22H25N5O2S. The Labute approximate surface area is 178 Å². The van der Waals surface area contributed by atoms with Crippen molar-refractivity contribution in [2.24, 2.45) is 17.8 Å². The first-order valence-corrected chi connectivity index (χ1v) is 11.5. The first-order chi connectivity index (χ1) is 14.6. The van der Waals surface area contributed by atoms with Crippen molar-refractivity contribution in [3.8, 4) is 0 Å². The maximum atomic E-state index is 10.9. The summed E-state index contributed by atoms with van der Waals surface area (Å²) in [6.45, 7) is -0.0172. The van der Waals surface area contributed by atoms with Gasteiger partial charge in [0.05, 0.1) is 22.6 Å². The summed E-state index contributed by atoms with van der Waals surface area (Å²) < 4.78 is 0. The number of rotatable bonds is 5. The van der Waals surface area contributed by atoms with E-state index in [1.54, 1.807) is 12.4 Å². The van der Waals surface area contributed by atoms with Gasteiger partial charge in [-0.05, 0) is 62.0 Å². The molecule has 0 radical (unpaired) electrons. The van der Waals surface area contributed by atoms with E-state index in [0.717, 1.165) is 40.9 Å². The molecule has 2 atom stereocenters. The lowest BCUT2D eigenvalue weighted by Crippen LogP contribution is -2.59. The smallest absolute Gasteiger partial charge is 0.188 e. The zero-order valence-electron chi connectivity index (χ0n) is 16.6. The summed E-state index contributed by atoms with van der Waals surface area (Å²) in [7, 11) is 0. The number of thiazole rings is 1. The molecule has 4 bridgehead atoms. The van der Waals surface area contributed by atoms with E-state index >= 15 is 0 Å². The third-order valence-electron chi connectivity index (χ3n) is 7.09. The Hall–Kier alpha value is -2.29. The van der Waals surface area contributed by atoms with E-state index in [0.29, 0.717) is 34.7 Å².